The predicted octanol–water partition coefficient (Wildman–Crippen LogP) is 3.52. The summed E-state index contributed by atoms with van der Waals surface area (Å²) >= 11 is 0. The molecule has 1 heterocycles. The van der Waals surface area contributed by atoms with E-state index in [1.807, 2.05) is 0 Å². The van der Waals surface area contributed by atoms with Gasteiger partial charge < -0.3 is 10.2 Å². The summed E-state index contributed by atoms with van der Waals surface area (Å²) in [5.74, 6) is 2.77. The van der Waals surface area contributed by atoms with E-state index >= 15 is 0 Å². The molecule has 1 saturated heterocycles. The van der Waals surface area contributed by atoms with Gasteiger partial charge >= 0.3 is 0 Å². The summed E-state index contributed by atoms with van der Waals surface area (Å²) in [6.07, 6.45) is 8.41. The van der Waals surface area contributed by atoms with Crippen LogP contribution in [0.3, 0.4) is 0 Å². The maximum absolute atomic E-state index is 3.77. The molecular formula is C17H34N2. The van der Waals surface area contributed by atoms with E-state index in [0.717, 1.165) is 23.8 Å². The monoisotopic (exact) mass is 266 g/mol. The van der Waals surface area contributed by atoms with Gasteiger partial charge in [-0.25, -0.2) is 0 Å². The molecule has 4 atom stereocenters. The lowest BCUT2D eigenvalue weighted by Gasteiger charge is -2.36. The number of hydrogen-bond donors (Lipinski definition) is 1. The fourth-order valence-corrected chi connectivity index (χ4v) is 3.88. The van der Waals surface area contributed by atoms with E-state index in [1.54, 1.807) is 0 Å². The Morgan fingerprint density at radius 3 is 2.68 bits per heavy atom. The number of rotatable bonds is 6. The average Bonchev–Trinajstić information content (AvgIpc) is 2.85. The average molecular weight is 266 g/mol. The van der Waals surface area contributed by atoms with Gasteiger partial charge in [-0.1, -0.05) is 27.2 Å². The lowest BCUT2D eigenvalue weighted by atomic mass is 9.88. The van der Waals surface area contributed by atoms with Gasteiger partial charge in [0.25, 0.3) is 0 Å². The summed E-state index contributed by atoms with van der Waals surface area (Å²) < 4.78 is 0. The minimum atomic E-state index is 0.820. The Morgan fingerprint density at radius 2 is 1.95 bits per heavy atom. The zero-order chi connectivity index (χ0) is 13.7. The largest absolute Gasteiger partial charge is 0.314 e. The third kappa shape index (κ3) is 4.46. The summed E-state index contributed by atoms with van der Waals surface area (Å²) in [6, 6.07) is 0.820. The molecule has 0 radical (unpaired) electrons. The molecule has 2 aliphatic rings. The third-order valence-corrected chi connectivity index (χ3v) is 5.55. The molecule has 2 rings (SSSR count). The molecule has 0 spiro atoms. The summed E-state index contributed by atoms with van der Waals surface area (Å²) in [5.41, 5.74) is 0. The van der Waals surface area contributed by atoms with Crippen LogP contribution >= 0.6 is 0 Å². The first-order valence-corrected chi connectivity index (χ1v) is 8.66. The Balaban J connectivity index is 1.69. The van der Waals surface area contributed by atoms with Gasteiger partial charge in [0, 0.05) is 12.6 Å². The highest BCUT2D eigenvalue weighted by atomic mass is 15.1. The van der Waals surface area contributed by atoms with Crippen LogP contribution in [0, 0.1) is 17.8 Å². The number of nitrogens with one attached hydrogen (secondary N) is 1. The van der Waals surface area contributed by atoms with Crippen LogP contribution < -0.4 is 5.32 Å². The summed E-state index contributed by atoms with van der Waals surface area (Å²) in [7, 11) is 0. The fraction of sp³-hybridized carbons (Fsp3) is 1.00. The first-order valence-electron chi connectivity index (χ1n) is 8.66. The first kappa shape index (κ1) is 15.3. The molecule has 0 aromatic rings. The quantitative estimate of drug-likeness (QED) is 0.791. The van der Waals surface area contributed by atoms with E-state index in [-0.39, 0.29) is 0 Å². The standard InChI is InChI=1S/C17H34N2/c1-4-10-18-17-7-5-6-16(17)9-12-19-11-8-14(2)15(3)13-19/h14-18H,4-13H2,1-3H3. The van der Waals surface area contributed by atoms with Gasteiger partial charge in [0.2, 0.25) is 0 Å². The second-order valence-electron chi connectivity index (χ2n) is 7.08. The van der Waals surface area contributed by atoms with E-state index in [2.05, 4.69) is 31.0 Å². The van der Waals surface area contributed by atoms with Crippen LogP contribution in [-0.4, -0.2) is 37.1 Å². The Hall–Kier alpha value is -0.0800. The van der Waals surface area contributed by atoms with E-state index in [4.69, 9.17) is 0 Å². The Bertz CT molecular complexity index is 254. The van der Waals surface area contributed by atoms with E-state index in [1.165, 1.54) is 64.7 Å². The van der Waals surface area contributed by atoms with Crippen molar-refractivity contribution in [2.75, 3.05) is 26.2 Å². The maximum atomic E-state index is 3.77. The van der Waals surface area contributed by atoms with Gasteiger partial charge in [0.05, 0.1) is 0 Å². The molecule has 112 valence electrons. The van der Waals surface area contributed by atoms with Crippen LogP contribution in [0.1, 0.15) is 59.3 Å². The molecule has 0 amide bonds. The second kappa shape index (κ2) is 7.64. The predicted molar refractivity (Wildman–Crippen MR) is 83.4 cm³/mol. The highest BCUT2D eigenvalue weighted by molar-refractivity contribution is 4.84. The molecule has 1 saturated carbocycles. The van der Waals surface area contributed by atoms with Crippen LogP contribution in [0.2, 0.25) is 0 Å². The van der Waals surface area contributed by atoms with Crippen molar-refractivity contribution < 1.29 is 0 Å². The number of hydrogen-bond acceptors (Lipinski definition) is 2. The molecule has 0 aromatic carbocycles. The highest BCUT2D eigenvalue weighted by Crippen LogP contribution is 2.30. The van der Waals surface area contributed by atoms with Crippen LogP contribution in [0.4, 0.5) is 0 Å². The summed E-state index contributed by atoms with van der Waals surface area (Å²) in [6.45, 7) is 12.3. The van der Waals surface area contributed by atoms with Crippen molar-refractivity contribution in [1.29, 1.82) is 0 Å². The first-order chi connectivity index (χ1) is 9.20. The summed E-state index contributed by atoms with van der Waals surface area (Å²) in [4.78, 5) is 2.72. The Labute approximate surface area is 120 Å². The second-order valence-corrected chi connectivity index (χ2v) is 7.08. The molecule has 1 aliphatic carbocycles. The molecule has 0 aromatic heterocycles. The molecule has 2 heteroatoms. The molecule has 1 aliphatic heterocycles. The zero-order valence-corrected chi connectivity index (χ0v) is 13.3. The Kier molecular flexibility index (Phi) is 6.15. The fourth-order valence-electron chi connectivity index (χ4n) is 3.88. The zero-order valence-electron chi connectivity index (χ0n) is 13.3. The van der Waals surface area contributed by atoms with Gasteiger partial charge in [-0.3, -0.25) is 0 Å². The van der Waals surface area contributed by atoms with Crippen molar-refractivity contribution in [2.24, 2.45) is 17.8 Å². The van der Waals surface area contributed by atoms with Crippen LogP contribution in [0.25, 0.3) is 0 Å². The minimum absolute atomic E-state index is 0.820. The van der Waals surface area contributed by atoms with Gasteiger partial charge in [-0.15, -0.1) is 0 Å². The van der Waals surface area contributed by atoms with Gasteiger partial charge in [-0.05, 0) is 69.5 Å². The number of likely N-dealkylation sites (tertiary alicyclic amines) is 1. The topological polar surface area (TPSA) is 15.3 Å². The normalized spacial score (nSPS) is 36.8. The lowest BCUT2D eigenvalue weighted by molar-refractivity contribution is 0.129. The van der Waals surface area contributed by atoms with Crippen molar-refractivity contribution in [2.45, 2.75) is 65.3 Å². The smallest absolute Gasteiger partial charge is 0.00958 e. The molecular weight excluding hydrogens is 232 g/mol. The molecule has 19 heavy (non-hydrogen) atoms. The Morgan fingerprint density at radius 1 is 1.11 bits per heavy atom. The molecule has 4 unspecified atom stereocenters. The van der Waals surface area contributed by atoms with Crippen molar-refractivity contribution in [3.05, 3.63) is 0 Å². The minimum Gasteiger partial charge on any atom is -0.314 e. The van der Waals surface area contributed by atoms with Crippen molar-refractivity contribution >= 4 is 0 Å². The van der Waals surface area contributed by atoms with E-state index < -0.39 is 0 Å². The number of nitrogens with zero attached hydrogens (tertiary/aromatic N) is 1. The molecule has 2 nitrogen and oxygen atoms in total. The van der Waals surface area contributed by atoms with Gasteiger partial charge in [0.15, 0.2) is 0 Å². The molecule has 0 bridgehead atoms. The lowest BCUT2D eigenvalue weighted by Crippen LogP contribution is -2.40. The SMILES string of the molecule is CCCNC1CCCC1CCN1CCC(C)C(C)C1. The van der Waals surface area contributed by atoms with E-state index in [9.17, 15) is 0 Å². The third-order valence-electron chi connectivity index (χ3n) is 5.55. The van der Waals surface area contributed by atoms with Crippen molar-refractivity contribution in [3.8, 4) is 0 Å². The highest BCUT2D eigenvalue weighted by Gasteiger charge is 2.28. The summed E-state index contributed by atoms with van der Waals surface area (Å²) in [5, 5.41) is 3.77. The van der Waals surface area contributed by atoms with Crippen LogP contribution in [-0.2, 0) is 0 Å². The number of piperidine rings is 1. The van der Waals surface area contributed by atoms with Crippen molar-refractivity contribution in [3.63, 3.8) is 0 Å². The van der Waals surface area contributed by atoms with Crippen molar-refractivity contribution in [1.82, 2.24) is 10.2 Å². The maximum Gasteiger partial charge on any atom is 0.00958 e. The van der Waals surface area contributed by atoms with Gasteiger partial charge in [-0.2, -0.15) is 0 Å². The van der Waals surface area contributed by atoms with Crippen LogP contribution in [0.15, 0.2) is 0 Å². The molecule has 1 N–H and O–H groups in total. The van der Waals surface area contributed by atoms with E-state index in [0.29, 0.717) is 0 Å². The van der Waals surface area contributed by atoms with Gasteiger partial charge in [0.1, 0.15) is 0 Å². The van der Waals surface area contributed by atoms with Crippen LogP contribution in [0.5, 0.6) is 0 Å². The molecule has 2 fully saturated rings.